The molecule has 0 amide bonds. The Balaban J connectivity index is 1.27. The van der Waals surface area contributed by atoms with Crippen LogP contribution in [0, 0.1) is 29.6 Å². The van der Waals surface area contributed by atoms with Gasteiger partial charge >= 0.3 is 0 Å². The first-order valence-corrected chi connectivity index (χ1v) is 10.0. The first kappa shape index (κ1) is 16.4. The normalized spacial score (nSPS) is 47.9. The minimum Gasteiger partial charge on any atom is -0.389 e. The molecule has 132 valence electrons. The summed E-state index contributed by atoms with van der Waals surface area (Å²) in [7, 11) is 0. The zero-order valence-electron chi connectivity index (χ0n) is 15.0. The minimum atomic E-state index is -0.319. The summed E-state index contributed by atoms with van der Waals surface area (Å²) in [4.78, 5) is 2.45. The van der Waals surface area contributed by atoms with Gasteiger partial charge in [-0.2, -0.15) is 0 Å². The second-order valence-electron chi connectivity index (χ2n) is 9.73. The second kappa shape index (κ2) is 6.31. The van der Waals surface area contributed by atoms with Crippen LogP contribution >= 0.6 is 0 Å². The predicted octanol–water partition coefficient (Wildman–Crippen LogP) is 3.31. The highest BCUT2D eigenvalue weighted by atomic mass is 16.5. The fourth-order valence-electron chi connectivity index (χ4n) is 6.77. The quantitative estimate of drug-likeness (QED) is 0.843. The van der Waals surface area contributed by atoms with Crippen LogP contribution in [-0.4, -0.2) is 48.0 Å². The van der Waals surface area contributed by atoms with E-state index in [0.29, 0.717) is 6.61 Å². The molecule has 4 saturated carbocycles. The summed E-state index contributed by atoms with van der Waals surface area (Å²) in [5.74, 6) is 4.27. The molecule has 0 aromatic rings. The summed E-state index contributed by atoms with van der Waals surface area (Å²) in [5, 5.41) is 10.5. The van der Waals surface area contributed by atoms with E-state index in [4.69, 9.17) is 4.74 Å². The topological polar surface area (TPSA) is 32.7 Å². The van der Waals surface area contributed by atoms with E-state index in [2.05, 4.69) is 18.7 Å². The van der Waals surface area contributed by atoms with Crippen molar-refractivity contribution in [3.05, 3.63) is 0 Å². The van der Waals surface area contributed by atoms with Crippen molar-refractivity contribution in [2.75, 3.05) is 26.2 Å². The van der Waals surface area contributed by atoms with Crippen molar-refractivity contribution in [2.45, 2.75) is 70.5 Å². The molecule has 0 radical (unpaired) electrons. The first-order valence-electron chi connectivity index (χ1n) is 10.0. The molecule has 1 N–H and O–H groups in total. The standard InChI is InChI=1S/C20H35NO2/c1-14-3-15(2)11-21(10-14)12-19(22)13-23-20-7-16-4-17(8-20)6-18(5-16)9-20/h14-19,22H,3-13H2,1-2H3/t14-,15-,16?,17?,18?,19+,20?/m1/s1. The number of rotatable bonds is 5. The van der Waals surface area contributed by atoms with Crippen LogP contribution in [0.1, 0.15) is 58.8 Å². The molecule has 3 heteroatoms. The molecule has 0 unspecified atom stereocenters. The Kier molecular flexibility index (Phi) is 4.49. The Labute approximate surface area is 141 Å². The van der Waals surface area contributed by atoms with Crippen molar-refractivity contribution < 1.29 is 9.84 Å². The van der Waals surface area contributed by atoms with E-state index >= 15 is 0 Å². The van der Waals surface area contributed by atoms with Crippen LogP contribution in [0.2, 0.25) is 0 Å². The Bertz CT molecular complexity index is 379. The summed E-state index contributed by atoms with van der Waals surface area (Å²) < 4.78 is 6.42. The number of likely N-dealkylation sites (tertiary alicyclic amines) is 1. The third kappa shape index (κ3) is 3.62. The monoisotopic (exact) mass is 321 g/mol. The van der Waals surface area contributed by atoms with Crippen LogP contribution in [0.3, 0.4) is 0 Å². The molecule has 3 nitrogen and oxygen atoms in total. The number of aliphatic hydroxyl groups is 1. The molecular weight excluding hydrogens is 286 g/mol. The van der Waals surface area contributed by atoms with Gasteiger partial charge < -0.3 is 14.7 Å². The van der Waals surface area contributed by atoms with Gasteiger partial charge in [0, 0.05) is 19.6 Å². The highest BCUT2D eigenvalue weighted by molar-refractivity contribution is 5.03. The van der Waals surface area contributed by atoms with E-state index in [1.54, 1.807) is 0 Å². The summed E-state index contributed by atoms with van der Waals surface area (Å²) in [5.41, 5.74) is 0.137. The fourth-order valence-corrected chi connectivity index (χ4v) is 6.77. The van der Waals surface area contributed by atoms with Crippen LogP contribution in [0.25, 0.3) is 0 Å². The summed E-state index contributed by atoms with van der Waals surface area (Å²) >= 11 is 0. The lowest BCUT2D eigenvalue weighted by Gasteiger charge is -2.56. The van der Waals surface area contributed by atoms with Gasteiger partial charge in [0.05, 0.1) is 18.3 Å². The van der Waals surface area contributed by atoms with Crippen LogP contribution in [-0.2, 0) is 4.74 Å². The average Bonchev–Trinajstić information content (AvgIpc) is 2.42. The Morgan fingerprint density at radius 2 is 1.48 bits per heavy atom. The highest BCUT2D eigenvalue weighted by Crippen LogP contribution is 2.57. The van der Waals surface area contributed by atoms with Crippen LogP contribution in [0.15, 0.2) is 0 Å². The number of β-amino-alcohol motifs (C(OH)–C–C–N with tert-alkyl or cyclic N) is 1. The molecule has 0 aromatic heterocycles. The van der Waals surface area contributed by atoms with Crippen molar-refractivity contribution in [2.24, 2.45) is 29.6 Å². The van der Waals surface area contributed by atoms with Crippen molar-refractivity contribution in [3.63, 3.8) is 0 Å². The Morgan fingerprint density at radius 1 is 0.957 bits per heavy atom. The molecule has 1 aliphatic heterocycles. The SMILES string of the molecule is C[C@@H]1C[C@@H](C)CN(C[C@H](O)COC23CC4CC(CC(C4)C2)C3)C1. The first-order chi connectivity index (χ1) is 11.0. The average molecular weight is 322 g/mol. The van der Waals surface area contributed by atoms with Crippen LogP contribution < -0.4 is 0 Å². The largest absolute Gasteiger partial charge is 0.389 e. The van der Waals surface area contributed by atoms with Gasteiger partial charge in [-0.05, 0) is 74.5 Å². The van der Waals surface area contributed by atoms with Gasteiger partial charge in [-0.15, -0.1) is 0 Å². The Hall–Kier alpha value is -0.120. The zero-order chi connectivity index (χ0) is 16.0. The van der Waals surface area contributed by atoms with E-state index in [1.165, 1.54) is 44.9 Å². The van der Waals surface area contributed by atoms with Gasteiger partial charge in [0.25, 0.3) is 0 Å². The number of piperidine rings is 1. The summed E-state index contributed by atoms with van der Waals surface area (Å²) in [6, 6.07) is 0. The maximum atomic E-state index is 10.5. The maximum Gasteiger partial charge on any atom is 0.0900 e. The lowest BCUT2D eigenvalue weighted by Crippen LogP contribution is -2.53. The molecule has 0 spiro atoms. The molecule has 5 rings (SSSR count). The minimum absolute atomic E-state index is 0.137. The maximum absolute atomic E-state index is 10.5. The van der Waals surface area contributed by atoms with Gasteiger partial charge in [-0.3, -0.25) is 0 Å². The number of hydrogen-bond donors (Lipinski definition) is 1. The zero-order valence-corrected chi connectivity index (χ0v) is 15.0. The van der Waals surface area contributed by atoms with E-state index < -0.39 is 0 Å². The van der Waals surface area contributed by atoms with Gasteiger partial charge in [0.1, 0.15) is 0 Å². The molecule has 0 aromatic carbocycles. The van der Waals surface area contributed by atoms with E-state index in [1.807, 2.05) is 0 Å². The van der Waals surface area contributed by atoms with Gasteiger partial charge in [-0.25, -0.2) is 0 Å². The molecular formula is C20H35NO2. The highest BCUT2D eigenvalue weighted by Gasteiger charge is 2.51. The number of hydrogen-bond acceptors (Lipinski definition) is 3. The second-order valence-corrected chi connectivity index (χ2v) is 9.73. The summed E-state index contributed by atoms with van der Waals surface area (Å²) in [6.07, 6.45) is 9.17. The molecule has 3 atom stereocenters. The molecule has 4 aliphatic carbocycles. The molecule has 5 aliphatic rings. The van der Waals surface area contributed by atoms with Crippen molar-refractivity contribution in [3.8, 4) is 0 Å². The molecule has 5 fully saturated rings. The van der Waals surface area contributed by atoms with Gasteiger partial charge in [0.15, 0.2) is 0 Å². The number of aliphatic hydroxyl groups excluding tert-OH is 1. The van der Waals surface area contributed by atoms with Crippen LogP contribution in [0.4, 0.5) is 0 Å². The molecule has 1 heterocycles. The lowest BCUT2D eigenvalue weighted by atomic mass is 9.54. The van der Waals surface area contributed by atoms with E-state index in [9.17, 15) is 5.11 Å². The Morgan fingerprint density at radius 3 is 2.00 bits per heavy atom. The predicted molar refractivity (Wildman–Crippen MR) is 92.2 cm³/mol. The number of ether oxygens (including phenoxy) is 1. The molecule has 1 saturated heterocycles. The van der Waals surface area contributed by atoms with Crippen molar-refractivity contribution in [1.82, 2.24) is 4.90 Å². The third-order valence-corrected chi connectivity index (χ3v) is 6.98. The van der Waals surface area contributed by atoms with Crippen molar-refractivity contribution >= 4 is 0 Å². The fraction of sp³-hybridized carbons (Fsp3) is 1.00. The van der Waals surface area contributed by atoms with E-state index in [0.717, 1.165) is 49.2 Å². The van der Waals surface area contributed by atoms with Gasteiger partial charge in [0.2, 0.25) is 0 Å². The van der Waals surface area contributed by atoms with E-state index in [-0.39, 0.29) is 11.7 Å². The molecule has 23 heavy (non-hydrogen) atoms. The third-order valence-electron chi connectivity index (χ3n) is 6.98. The van der Waals surface area contributed by atoms with Crippen molar-refractivity contribution in [1.29, 1.82) is 0 Å². The van der Waals surface area contributed by atoms with Gasteiger partial charge in [-0.1, -0.05) is 13.8 Å². The molecule has 4 bridgehead atoms. The smallest absolute Gasteiger partial charge is 0.0900 e. The van der Waals surface area contributed by atoms with Crippen LogP contribution in [0.5, 0.6) is 0 Å². The summed E-state index contributed by atoms with van der Waals surface area (Å²) in [6.45, 7) is 8.28. The number of nitrogens with zero attached hydrogens (tertiary/aromatic N) is 1. The lowest BCUT2D eigenvalue weighted by molar-refractivity contribution is -0.176.